The molecule has 0 fully saturated rings. The Balaban J connectivity index is 1.64. The van der Waals surface area contributed by atoms with Crippen molar-refractivity contribution in [3.05, 3.63) is 101 Å². The molecule has 5 rings (SSSR count). The smallest absolute Gasteiger partial charge is 0.313 e. The summed E-state index contributed by atoms with van der Waals surface area (Å²) in [6, 6.07) is 25.6. The third-order valence-electron chi connectivity index (χ3n) is 7.15. The van der Waals surface area contributed by atoms with Crippen LogP contribution in [0.5, 0.6) is 5.75 Å². The second-order valence-electron chi connectivity index (χ2n) is 9.30. The van der Waals surface area contributed by atoms with E-state index in [2.05, 4.69) is 77.4 Å². The molecule has 3 aromatic carbocycles. The van der Waals surface area contributed by atoms with E-state index in [1.54, 1.807) is 7.11 Å². The lowest BCUT2D eigenvalue weighted by Crippen LogP contribution is -2.21. The van der Waals surface area contributed by atoms with Gasteiger partial charge in [0.2, 0.25) is 0 Å². The number of hydrogen-bond donors (Lipinski definition) is 0. The van der Waals surface area contributed by atoms with Gasteiger partial charge in [0.05, 0.1) is 19.6 Å². The van der Waals surface area contributed by atoms with E-state index in [9.17, 15) is 4.79 Å². The minimum atomic E-state index is -0.224. The van der Waals surface area contributed by atoms with E-state index in [4.69, 9.17) is 9.47 Å². The zero-order valence-corrected chi connectivity index (χ0v) is 20.6. The van der Waals surface area contributed by atoms with Crippen molar-refractivity contribution in [2.75, 3.05) is 13.7 Å². The summed E-state index contributed by atoms with van der Waals surface area (Å²) < 4.78 is 13.8. The van der Waals surface area contributed by atoms with Crippen LogP contribution in [-0.2, 0) is 35.3 Å². The number of rotatable bonds is 8. The van der Waals surface area contributed by atoms with Gasteiger partial charge in [-0.2, -0.15) is 0 Å². The first-order valence-corrected chi connectivity index (χ1v) is 12.7. The Labute approximate surface area is 207 Å². The fraction of sp³-hybridized carbons (Fsp3) is 0.323. The van der Waals surface area contributed by atoms with Crippen LogP contribution in [0, 0.1) is 0 Å². The number of aromatic nitrogens is 1. The number of carbonyl (C=O) groups is 1. The van der Waals surface area contributed by atoms with E-state index in [1.807, 2.05) is 6.92 Å². The number of aryl methyl sites for hydroxylation is 2. The van der Waals surface area contributed by atoms with Crippen LogP contribution in [0.3, 0.4) is 0 Å². The first kappa shape index (κ1) is 23.2. The number of nitrogens with zero attached hydrogens (tertiary/aromatic N) is 1. The lowest BCUT2D eigenvalue weighted by atomic mass is 9.85. The van der Waals surface area contributed by atoms with Gasteiger partial charge >= 0.3 is 5.97 Å². The van der Waals surface area contributed by atoms with E-state index in [-0.39, 0.29) is 11.9 Å². The molecular weight excluding hydrogens is 434 g/mol. The first-order chi connectivity index (χ1) is 17.2. The molecule has 1 aliphatic rings. The molecule has 0 amide bonds. The van der Waals surface area contributed by atoms with Crippen molar-refractivity contribution >= 4 is 16.9 Å². The fourth-order valence-corrected chi connectivity index (χ4v) is 5.51. The average Bonchev–Trinajstić information content (AvgIpc) is 3.20. The maximum absolute atomic E-state index is 13.0. The van der Waals surface area contributed by atoms with Gasteiger partial charge in [-0.3, -0.25) is 4.79 Å². The second-order valence-corrected chi connectivity index (χ2v) is 9.30. The summed E-state index contributed by atoms with van der Waals surface area (Å²) >= 11 is 0. The number of benzene rings is 3. The molecule has 0 spiro atoms. The third-order valence-corrected chi connectivity index (χ3v) is 7.15. The van der Waals surface area contributed by atoms with E-state index in [0.717, 1.165) is 55.3 Å². The molecular formula is C31H33NO3. The molecule has 0 N–H and O–H groups in total. The standard InChI is InChI=1S/C31H33NO3/c1-3-35-31(33)25-15-10-16-27-30(25)26-20-29(34-2)24(18-17-22-11-6-4-7-12-22)19-28(26)32(27)21-23-13-8-5-9-14-23/h4-9,11-14,19-20,25H,3,10,15-18,21H2,1-2H3. The van der Waals surface area contributed by atoms with Gasteiger partial charge in [0.25, 0.3) is 0 Å². The summed E-state index contributed by atoms with van der Waals surface area (Å²) in [6.45, 7) is 3.06. The molecule has 1 unspecified atom stereocenters. The maximum atomic E-state index is 13.0. The van der Waals surface area contributed by atoms with Gasteiger partial charge in [-0.1, -0.05) is 60.7 Å². The van der Waals surface area contributed by atoms with Crippen LogP contribution in [0.1, 0.15) is 53.6 Å². The molecule has 4 aromatic rings. The largest absolute Gasteiger partial charge is 0.496 e. The molecule has 0 aliphatic heterocycles. The molecule has 0 radical (unpaired) electrons. The highest BCUT2D eigenvalue weighted by molar-refractivity contribution is 5.94. The second kappa shape index (κ2) is 10.4. The van der Waals surface area contributed by atoms with E-state index < -0.39 is 0 Å². The van der Waals surface area contributed by atoms with Gasteiger partial charge in [-0.15, -0.1) is 0 Å². The highest BCUT2D eigenvalue weighted by atomic mass is 16.5. The van der Waals surface area contributed by atoms with Crippen molar-refractivity contribution in [3.8, 4) is 5.75 Å². The number of ether oxygens (including phenoxy) is 2. The van der Waals surface area contributed by atoms with Crippen molar-refractivity contribution in [3.63, 3.8) is 0 Å². The Morgan fingerprint density at radius 3 is 2.37 bits per heavy atom. The summed E-state index contributed by atoms with van der Waals surface area (Å²) in [4.78, 5) is 13.0. The average molecular weight is 468 g/mol. The summed E-state index contributed by atoms with van der Waals surface area (Å²) in [7, 11) is 1.74. The zero-order valence-electron chi connectivity index (χ0n) is 20.6. The molecule has 0 bridgehead atoms. The number of fused-ring (bicyclic) bond motifs is 3. The monoisotopic (exact) mass is 467 g/mol. The molecule has 4 nitrogen and oxygen atoms in total. The fourth-order valence-electron chi connectivity index (χ4n) is 5.51. The predicted molar refractivity (Wildman–Crippen MR) is 140 cm³/mol. The summed E-state index contributed by atoms with van der Waals surface area (Å²) in [5.74, 6) is 0.554. The number of methoxy groups -OCH3 is 1. The molecule has 1 atom stereocenters. The van der Waals surface area contributed by atoms with Crippen LogP contribution < -0.4 is 4.74 Å². The van der Waals surface area contributed by atoms with Crippen LogP contribution in [0.25, 0.3) is 10.9 Å². The summed E-state index contributed by atoms with van der Waals surface area (Å²) in [6.07, 6.45) is 4.63. The molecule has 1 aromatic heterocycles. The van der Waals surface area contributed by atoms with Crippen LogP contribution >= 0.6 is 0 Å². The summed E-state index contributed by atoms with van der Waals surface area (Å²) in [5.41, 5.74) is 7.34. The third kappa shape index (κ3) is 4.70. The minimum Gasteiger partial charge on any atom is -0.496 e. The topological polar surface area (TPSA) is 40.5 Å². The van der Waals surface area contributed by atoms with Gasteiger partial charge in [0.1, 0.15) is 5.75 Å². The first-order valence-electron chi connectivity index (χ1n) is 12.7. The van der Waals surface area contributed by atoms with Crippen LogP contribution in [0.15, 0.2) is 72.8 Å². The predicted octanol–water partition coefficient (Wildman–Crippen LogP) is 6.47. The van der Waals surface area contributed by atoms with Crippen molar-refractivity contribution in [2.24, 2.45) is 0 Å². The molecule has 1 heterocycles. The van der Waals surface area contributed by atoms with Gasteiger partial charge in [-0.05, 0) is 73.4 Å². The lowest BCUT2D eigenvalue weighted by Gasteiger charge is -2.23. The molecule has 1 aliphatic carbocycles. The molecule has 35 heavy (non-hydrogen) atoms. The highest BCUT2D eigenvalue weighted by Gasteiger charge is 2.33. The molecule has 0 saturated heterocycles. The number of carbonyl (C=O) groups excluding carboxylic acids is 1. The quantitative estimate of drug-likeness (QED) is 0.279. The summed E-state index contributed by atoms with van der Waals surface area (Å²) in [5, 5.41) is 1.12. The Hall–Kier alpha value is -3.53. The van der Waals surface area contributed by atoms with E-state index >= 15 is 0 Å². The Morgan fingerprint density at radius 2 is 1.69 bits per heavy atom. The zero-order chi connectivity index (χ0) is 24.2. The normalized spacial score (nSPS) is 15.1. The van der Waals surface area contributed by atoms with Crippen molar-refractivity contribution in [1.82, 2.24) is 4.57 Å². The van der Waals surface area contributed by atoms with Crippen LogP contribution in [0.2, 0.25) is 0 Å². The van der Waals surface area contributed by atoms with Crippen LogP contribution in [0.4, 0.5) is 0 Å². The highest BCUT2D eigenvalue weighted by Crippen LogP contribution is 2.42. The minimum absolute atomic E-state index is 0.112. The van der Waals surface area contributed by atoms with Gasteiger partial charge in [-0.25, -0.2) is 0 Å². The van der Waals surface area contributed by atoms with Gasteiger partial charge in [0.15, 0.2) is 0 Å². The number of esters is 1. The van der Waals surface area contributed by atoms with Crippen LogP contribution in [-0.4, -0.2) is 24.3 Å². The van der Waals surface area contributed by atoms with Crippen molar-refractivity contribution < 1.29 is 14.3 Å². The molecule has 4 heteroatoms. The van der Waals surface area contributed by atoms with E-state index in [0.29, 0.717) is 6.61 Å². The number of hydrogen-bond acceptors (Lipinski definition) is 3. The van der Waals surface area contributed by atoms with Gasteiger partial charge < -0.3 is 14.0 Å². The molecule has 0 saturated carbocycles. The lowest BCUT2D eigenvalue weighted by molar-refractivity contribution is -0.145. The van der Waals surface area contributed by atoms with Crippen molar-refractivity contribution in [1.29, 1.82) is 0 Å². The Morgan fingerprint density at radius 1 is 0.971 bits per heavy atom. The Kier molecular flexibility index (Phi) is 6.89. The molecule has 180 valence electrons. The maximum Gasteiger partial charge on any atom is 0.313 e. The Bertz CT molecular complexity index is 1310. The van der Waals surface area contributed by atoms with Crippen molar-refractivity contribution in [2.45, 2.75) is 51.5 Å². The van der Waals surface area contributed by atoms with Gasteiger partial charge in [0, 0.05) is 23.1 Å². The SMILES string of the molecule is CCOC(=O)C1CCCc2c1c1cc(OC)c(CCc3ccccc3)cc1n2Cc1ccccc1. The van der Waals surface area contributed by atoms with E-state index in [1.165, 1.54) is 27.9 Å².